The molecule has 3 nitrogen and oxygen atoms in total. The van der Waals surface area contributed by atoms with E-state index in [9.17, 15) is 5.11 Å². The van der Waals surface area contributed by atoms with Gasteiger partial charge >= 0.3 is 0 Å². The van der Waals surface area contributed by atoms with Gasteiger partial charge in [0.2, 0.25) is 0 Å². The van der Waals surface area contributed by atoms with Gasteiger partial charge in [-0.05, 0) is 37.6 Å². The van der Waals surface area contributed by atoms with E-state index in [-0.39, 0.29) is 11.8 Å². The topological polar surface area (TPSA) is 72.3 Å². The van der Waals surface area contributed by atoms with Crippen molar-refractivity contribution in [2.75, 3.05) is 6.54 Å². The van der Waals surface area contributed by atoms with E-state index in [1.54, 1.807) is 12.1 Å². The largest absolute Gasteiger partial charge is 0.508 e. The Kier molecular flexibility index (Phi) is 5.08. The minimum Gasteiger partial charge on any atom is -0.508 e. The molecule has 0 aromatic heterocycles. The van der Waals surface area contributed by atoms with Gasteiger partial charge in [0.15, 0.2) is 0 Å². The third-order valence-electron chi connectivity index (χ3n) is 2.36. The summed E-state index contributed by atoms with van der Waals surface area (Å²) in [4.78, 5) is 0. The molecule has 15 heavy (non-hydrogen) atoms. The van der Waals surface area contributed by atoms with Crippen molar-refractivity contribution in [3.8, 4) is 5.75 Å². The fraction of sp³-hybridized carbons (Fsp3) is 0.455. The maximum atomic E-state index is 9.64. The van der Waals surface area contributed by atoms with E-state index in [4.69, 9.17) is 11.5 Å². The van der Waals surface area contributed by atoms with Gasteiger partial charge in [0.25, 0.3) is 0 Å². The molecule has 0 heterocycles. The van der Waals surface area contributed by atoms with Crippen molar-refractivity contribution < 1.29 is 5.11 Å². The Hall–Kier alpha value is -0.580. The molecule has 0 spiro atoms. The molecule has 4 heteroatoms. The first kappa shape index (κ1) is 12.5. The van der Waals surface area contributed by atoms with Gasteiger partial charge < -0.3 is 16.6 Å². The van der Waals surface area contributed by atoms with Crippen LogP contribution in [0.1, 0.15) is 30.9 Å². The molecule has 0 aliphatic carbocycles. The van der Waals surface area contributed by atoms with Crippen molar-refractivity contribution in [3.05, 3.63) is 28.2 Å². The summed E-state index contributed by atoms with van der Waals surface area (Å²) in [5.74, 6) is 0.262. The van der Waals surface area contributed by atoms with Crippen molar-refractivity contribution in [2.24, 2.45) is 11.5 Å². The van der Waals surface area contributed by atoms with Gasteiger partial charge in [-0.25, -0.2) is 0 Å². The maximum Gasteiger partial charge on any atom is 0.120 e. The minimum absolute atomic E-state index is 0.117. The highest BCUT2D eigenvalue weighted by Gasteiger charge is 2.10. The summed E-state index contributed by atoms with van der Waals surface area (Å²) in [5, 5.41) is 9.64. The first-order valence-electron chi connectivity index (χ1n) is 5.09. The number of phenols is 1. The third-order valence-corrected chi connectivity index (χ3v) is 2.85. The zero-order chi connectivity index (χ0) is 11.3. The van der Waals surface area contributed by atoms with Gasteiger partial charge in [-0.2, -0.15) is 0 Å². The molecule has 5 N–H and O–H groups in total. The highest BCUT2D eigenvalue weighted by molar-refractivity contribution is 9.10. The van der Waals surface area contributed by atoms with Crippen molar-refractivity contribution in [1.82, 2.24) is 0 Å². The molecule has 1 atom stereocenters. The number of aromatic hydroxyl groups is 1. The van der Waals surface area contributed by atoms with Gasteiger partial charge in [-0.1, -0.05) is 22.4 Å². The molecule has 84 valence electrons. The predicted octanol–water partition coefficient (Wildman–Crippen LogP) is 2.28. The number of nitrogens with two attached hydrogens (primary N) is 2. The first-order chi connectivity index (χ1) is 7.15. The van der Waals surface area contributed by atoms with Crippen LogP contribution in [0.15, 0.2) is 22.7 Å². The highest BCUT2D eigenvalue weighted by atomic mass is 79.9. The SMILES string of the molecule is NCCCC[C@H](N)c1cc(Br)ccc1O. The van der Waals surface area contributed by atoms with Gasteiger partial charge in [0.1, 0.15) is 5.75 Å². The van der Waals surface area contributed by atoms with Gasteiger partial charge in [-0.3, -0.25) is 0 Å². The fourth-order valence-electron chi connectivity index (χ4n) is 1.49. The van der Waals surface area contributed by atoms with E-state index in [1.165, 1.54) is 0 Å². The number of rotatable bonds is 5. The molecule has 1 aromatic carbocycles. The molecule has 0 bridgehead atoms. The molecular formula is C11H17BrN2O. The molecule has 0 radical (unpaired) electrons. The Bertz CT molecular complexity index is 317. The normalized spacial score (nSPS) is 12.7. The van der Waals surface area contributed by atoms with Crippen molar-refractivity contribution >= 4 is 15.9 Å². The predicted molar refractivity (Wildman–Crippen MR) is 65.6 cm³/mol. The highest BCUT2D eigenvalue weighted by Crippen LogP contribution is 2.28. The van der Waals surface area contributed by atoms with Crippen LogP contribution in [-0.2, 0) is 0 Å². The molecule has 0 unspecified atom stereocenters. The fourth-order valence-corrected chi connectivity index (χ4v) is 1.87. The summed E-state index contributed by atoms with van der Waals surface area (Å²) >= 11 is 3.36. The van der Waals surface area contributed by atoms with Gasteiger partial charge in [-0.15, -0.1) is 0 Å². The molecule has 0 fully saturated rings. The summed E-state index contributed by atoms with van der Waals surface area (Å²) < 4.78 is 0.935. The van der Waals surface area contributed by atoms with Crippen LogP contribution in [0.2, 0.25) is 0 Å². The lowest BCUT2D eigenvalue weighted by molar-refractivity contribution is 0.456. The third kappa shape index (κ3) is 3.81. The Balaban J connectivity index is 2.64. The Morgan fingerprint density at radius 1 is 1.33 bits per heavy atom. The lowest BCUT2D eigenvalue weighted by atomic mass is 10.0. The Labute approximate surface area is 98.6 Å². The number of halogens is 1. The van der Waals surface area contributed by atoms with E-state index in [1.807, 2.05) is 6.07 Å². The van der Waals surface area contributed by atoms with Crippen LogP contribution in [0.3, 0.4) is 0 Å². The van der Waals surface area contributed by atoms with E-state index in [0.717, 1.165) is 29.3 Å². The average Bonchev–Trinajstić information content (AvgIpc) is 2.22. The second-order valence-electron chi connectivity index (χ2n) is 3.59. The monoisotopic (exact) mass is 272 g/mol. The minimum atomic E-state index is -0.117. The zero-order valence-electron chi connectivity index (χ0n) is 8.62. The van der Waals surface area contributed by atoms with Crippen LogP contribution in [-0.4, -0.2) is 11.7 Å². The smallest absolute Gasteiger partial charge is 0.120 e. The number of unbranched alkanes of at least 4 members (excludes halogenated alkanes) is 1. The summed E-state index contributed by atoms with van der Waals surface area (Å²) in [5.41, 5.74) is 12.2. The molecule has 0 saturated heterocycles. The Morgan fingerprint density at radius 3 is 2.73 bits per heavy atom. The second kappa shape index (κ2) is 6.10. The number of phenolic OH excluding ortho intramolecular Hbond substituents is 1. The summed E-state index contributed by atoms with van der Waals surface area (Å²) in [6.45, 7) is 0.692. The quantitative estimate of drug-likeness (QED) is 0.721. The molecule has 0 aliphatic rings. The molecule has 0 aliphatic heterocycles. The number of benzene rings is 1. The van der Waals surface area contributed by atoms with Gasteiger partial charge in [0.05, 0.1) is 0 Å². The van der Waals surface area contributed by atoms with Crippen LogP contribution in [0.5, 0.6) is 5.75 Å². The van der Waals surface area contributed by atoms with Crippen LogP contribution < -0.4 is 11.5 Å². The summed E-state index contributed by atoms with van der Waals surface area (Å²) in [6.07, 6.45) is 2.81. The van der Waals surface area contributed by atoms with E-state index < -0.39 is 0 Å². The van der Waals surface area contributed by atoms with Gasteiger partial charge in [0, 0.05) is 16.1 Å². The summed E-state index contributed by atoms with van der Waals surface area (Å²) in [7, 11) is 0. The summed E-state index contributed by atoms with van der Waals surface area (Å²) in [6, 6.07) is 5.20. The number of hydrogen-bond acceptors (Lipinski definition) is 3. The average molecular weight is 273 g/mol. The molecule has 1 rings (SSSR count). The number of hydrogen-bond donors (Lipinski definition) is 3. The first-order valence-corrected chi connectivity index (χ1v) is 5.88. The standard InChI is InChI=1S/C11H17BrN2O/c12-8-4-5-11(15)9(7-8)10(14)3-1-2-6-13/h4-5,7,10,15H,1-3,6,13-14H2/t10-/m0/s1. The van der Waals surface area contributed by atoms with Crippen LogP contribution >= 0.6 is 15.9 Å². The maximum absolute atomic E-state index is 9.64. The molecule has 0 saturated carbocycles. The molecule has 0 amide bonds. The van der Waals surface area contributed by atoms with Crippen LogP contribution in [0.4, 0.5) is 0 Å². The van der Waals surface area contributed by atoms with E-state index >= 15 is 0 Å². The zero-order valence-corrected chi connectivity index (χ0v) is 10.2. The van der Waals surface area contributed by atoms with Crippen LogP contribution in [0.25, 0.3) is 0 Å². The molecular weight excluding hydrogens is 256 g/mol. The Morgan fingerprint density at radius 2 is 2.07 bits per heavy atom. The van der Waals surface area contributed by atoms with Crippen molar-refractivity contribution in [1.29, 1.82) is 0 Å². The lowest BCUT2D eigenvalue weighted by Gasteiger charge is -2.13. The molecule has 1 aromatic rings. The van der Waals surface area contributed by atoms with Crippen molar-refractivity contribution in [3.63, 3.8) is 0 Å². The van der Waals surface area contributed by atoms with Crippen molar-refractivity contribution in [2.45, 2.75) is 25.3 Å². The van der Waals surface area contributed by atoms with E-state index in [0.29, 0.717) is 6.54 Å². The second-order valence-corrected chi connectivity index (χ2v) is 4.51. The van der Waals surface area contributed by atoms with Crippen LogP contribution in [0, 0.1) is 0 Å². The van der Waals surface area contributed by atoms with E-state index in [2.05, 4.69) is 15.9 Å². The lowest BCUT2D eigenvalue weighted by Crippen LogP contribution is -2.11.